The molecule has 0 atom stereocenters. The summed E-state index contributed by atoms with van der Waals surface area (Å²) in [6.07, 6.45) is 6.74. The molecular formula is C21H18N4O4. The fourth-order valence-electron chi connectivity index (χ4n) is 3.11. The molecule has 1 aromatic carbocycles. The van der Waals surface area contributed by atoms with Gasteiger partial charge in [-0.15, -0.1) is 0 Å². The Bertz CT molecular complexity index is 1120. The zero-order valence-corrected chi connectivity index (χ0v) is 15.5. The Kier molecular flexibility index (Phi) is 4.74. The molecule has 0 unspecified atom stereocenters. The maximum Gasteiger partial charge on any atom is 0.260 e. The molecule has 0 saturated carbocycles. The molecular weight excluding hydrogens is 372 g/mol. The van der Waals surface area contributed by atoms with Crippen molar-refractivity contribution in [3.8, 4) is 17.2 Å². The average molecular weight is 390 g/mol. The lowest BCUT2D eigenvalue weighted by molar-refractivity contribution is -0.114. The summed E-state index contributed by atoms with van der Waals surface area (Å²) in [5.74, 6) is -0.647. The lowest BCUT2D eigenvalue weighted by Crippen LogP contribution is -2.37. The van der Waals surface area contributed by atoms with E-state index in [0.29, 0.717) is 22.4 Å². The second kappa shape index (κ2) is 7.51. The van der Waals surface area contributed by atoms with E-state index in [4.69, 9.17) is 4.74 Å². The van der Waals surface area contributed by atoms with Crippen molar-refractivity contribution >= 4 is 17.4 Å². The lowest BCUT2D eigenvalue weighted by atomic mass is 9.95. The van der Waals surface area contributed by atoms with Gasteiger partial charge in [-0.2, -0.15) is 0 Å². The van der Waals surface area contributed by atoms with Crippen LogP contribution in [0, 0.1) is 0 Å². The smallest absolute Gasteiger partial charge is 0.260 e. The quantitative estimate of drug-likeness (QED) is 0.455. The number of nitrogens with zero attached hydrogens (tertiary/aromatic N) is 2. The van der Waals surface area contributed by atoms with Crippen LogP contribution in [0.4, 0.5) is 0 Å². The highest BCUT2D eigenvalue weighted by molar-refractivity contribution is 6.31. The fraction of sp³-hybridized carbons (Fsp3) is 0.0952. The number of amides is 2. The van der Waals surface area contributed by atoms with Gasteiger partial charge in [0.1, 0.15) is 0 Å². The van der Waals surface area contributed by atoms with Crippen LogP contribution in [-0.2, 0) is 11.3 Å². The summed E-state index contributed by atoms with van der Waals surface area (Å²) in [5, 5.41) is 15.2. The van der Waals surface area contributed by atoms with Gasteiger partial charge in [0.05, 0.1) is 31.1 Å². The number of benzene rings is 1. The third kappa shape index (κ3) is 3.55. The Balaban J connectivity index is 1.62. The van der Waals surface area contributed by atoms with Crippen molar-refractivity contribution in [3.63, 3.8) is 0 Å². The predicted molar refractivity (Wildman–Crippen MR) is 106 cm³/mol. The van der Waals surface area contributed by atoms with Crippen molar-refractivity contribution in [1.29, 1.82) is 0 Å². The molecule has 8 heteroatoms. The van der Waals surface area contributed by atoms with Crippen LogP contribution in [0.2, 0.25) is 0 Å². The van der Waals surface area contributed by atoms with Crippen LogP contribution in [0.1, 0.15) is 21.6 Å². The van der Waals surface area contributed by atoms with Gasteiger partial charge in [0.25, 0.3) is 11.8 Å². The normalized spacial score (nSPS) is 14.4. The van der Waals surface area contributed by atoms with Gasteiger partial charge in [0.15, 0.2) is 11.5 Å². The van der Waals surface area contributed by atoms with E-state index in [-0.39, 0.29) is 18.0 Å². The number of hydrogen-bond donors (Lipinski definition) is 3. The summed E-state index contributed by atoms with van der Waals surface area (Å²) in [4.78, 5) is 28.8. The summed E-state index contributed by atoms with van der Waals surface area (Å²) in [5.41, 5.74) is 2.71. The Morgan fingerprint density at radius 3 is 2.69 bits per heavy atom. The Labute approximate surface area is 166 Å². The van der Waals surface area contributed by atoms with Gasteiger partial charge in [0, 0.05) is 41.5 Å². The van der Waals surface area contributed by atoms with E-state index >= 15 is 0 Å². The number of hydrogen-bond acceptors (Lipinski definition) is 6. The standard InChI is InChI=1S/C21H18N4O4/c1-29-19-12-23-13(8-18(19)26)10-22-11-17-16-9-14(25-6-2-3-7-25)4-5-15(16)20(27)24-21(17)28/h2-9,11-12,22H,10H2,1H3,(H,23,26)(H,24,27,28)/b17-11-. The van der Waals surface area contributed by atoms with Gasteiger partial charge in [-0.25, -0.2) is 0 Å². The molecule has 0 fully saturated rings. The first-order chi connectivity index (χ1) is 14.1. The molecule has 1 aliphatic heterocycles. The SMILES string of the molecule is COc1cnc(CN/C=C2\C(=O)NC(=O)c3ccc(-n4cccc4)cc32)cc1O. The molecule has 1 aliphatic rings. The van der Waals surface area contributed by atoms with Gasteiger partial charge in [-0.3, -0.25) is 19.9 Å². The second-order valence-corrected chi connectivity index (χ2v) is 6.39. The van der Waals surface area contributed by atoms with Gasteiger partial charge < -0.3 is 19.7 Å². The topological polar surface area (TPSA) is 105 Å². The van der Waals surface area contributed by atoms with E-state index < -0.39 is 11.8 Å². The predicted octanol–water partition coefficient (Wildman–Crippen LogP) is 1.99. The van der Waals surface area contributed by atoms with Crippen molar-refractivity contribution in [3.05, 3.63) is 78.0 Å². The van der Waals surface area contributed by atoms with Gasteiger partial charge >= 0.3 is 0 Å². The van der Waals surface area contributed by atoms with E-state index in [1.807, 2.05) is 35.2 Å². The minimum atomic E-state index is -0.481. The molecule has 3 N–H and O–H groups in total. The van der Waals surface area contributed by atoms with Crippen LogP contribution < -0.4 is 15.4 Å². The van der Waals surface area contributed by atoms with Gasteiger partial charge in [-0.05, 0) is 30.3 Å². The largest absolute Gasteiger partial charge is 0.504 e. The summed E-state index contributed by atoms with van der Waals surface area (Å²) < 4.78 is 6.87. The molecule has 0 aliphatic carbocycles. The number of nitrogens with one attached hydrogen (secondary N) is 2. The Hall–Kier alpha value is -4.07. The minimum absolute atomic E-state index is 0.0188. The lowest BCUT2D eigenvalue weighted by Gasteiger charge is -2.19. The van der Waals surface area contributed by atoms with E-state index in [1.165, 1.54) is 19.4 Å². The first-order valence-corrected chi connectivity index (χ1v) is 8.85. The van der Waals surface area contributed by atoms with Crippen LogP contribution >= 0.6 is 0 Å². The molecule has 146 valence electrons. The molecule has 0 spiro atoms. The molecule has 0 radical (unpaired) electrons. The molecule has 29 heavy (non-hydrogen) atoms. The zero-order chi connectivity index (χ0) is 20.4. The number of pyridine rings is 1. The maximum absolute atomic E-state index is 12.4. The van der Waals surface area contributed by atoms with E-state index in [1.54, 1.807) is 18.3 Å². The zero-order valence-electron chi connectivity index (χ0n) is 15.5. The Morgan fingerprint density at radius 2 is 1.97 bits per heavy atom. The van der Waals surface area contributed by atoms with E-state index in [9.17, 15) is 14.7 Å². The summed E-state index contributed by atoms with van der Waals surface area (Å²) in [7, 11) is 1.45. The third-order valence-corrected chi connectivity index (χ3v) is 4.57. The molecule has 0 saturated heterocycles. The highest BCUT2D eigenvalue weighted by Crippen LogP contribution is 2.27. The van der Waals surface area contributed by atoms with Crippen LogP contribution in [0.25, 0.3) is 11.3 Å². The average Bonchev–Trinajstić information content (AvgIpc) is 3.25. The highest BCUT2D eigenvalue weighted by Gasteiger charge is 2.27. The molecule has 3 heterocycles. The molecule has 3 aromatic rings. The number of carbonyl (C=O) groups excluding carboxylic acids is 2. The summed E-state index contributed by atoms with van der Waals surface area (Å²) >= 11 is 0. The molecule has 0 bridgehead atoms. The van der Waals surface area contributed by atoms with Crippen LogP contribution in [0.15, 0.2) is 61.2 Å². The molecule has 8 nitrogen and oxygen atoms in total. The monoisotopic (exact) mass is 390 g/mol. The first-order valence-electron chi connectivity index (χ1n) is 8.85. The molecule has 2 aromatic heterocycles. The van der Waals surface area contributed by atoms with E-state index in [2.05, 4.69) is 15.6 Å². The number of imide groups is 1. The van der Waals surface area contributed by atoms with Crippen molar-refractivity contribution in [2.24, 2.45) is 0 Å². The number of rotatable bonds is 5. The third-order valence-electron chi connectivity index (χ3n) is 4.57. The number of aromatic hydroxyl groups is 1. The van der Waals surface area contributed by atoms with Gasteiger partial charge in [0.2, 0.25) is 0 Å². The van der Waals surface area contributed by atoms with Gasteiger partial charge in [-0.1, -0.05) is 0 Å². The Morgan fingerprint density at radius 1 is 1.17 bits per heavy atom. The first kappa shape index (κ1) is 18.3. The second-order valence-electron chi connectivity index (χ2n) is 6.39. The van der Waals surface area contributed by atoms with Crippen LogP contribution in [0.3, 0.4) is 0 Å². The number of aromatic nitrogens is 2. The van der Waals surface area contributed by atoms with Crippen LogP contribution in [-0.4, -0.2) is 33.6 Å². The molecule has 4 rings (SSSR count). The number of methoxy groups -OCH3 is 1. The van der Waals surface area contributed by atoms with Crippen molar-refractivity contribution < 1.29 is 19.4 Å². The van der Waals surface area contributed by atoms with Crippen LogP contribution in [0.5, 0.6) is 11.5 Å². The number of carbonyl (C=O) groups is 2. The minimum Gasteiger partial charge on any atom is -0.504 e. The maximum atomic E-state index is 12.4. The number of ether oxygens (including phenoxy) is 1. The summed E-state index contributed by atoms with van der Waals surface area (Å²) in [6, 6.07) is 10.6. The molecule has 2 amide bonds. The van der Waals surface area contributed by atoms with E-state index in [0.717, 1.165) is 5.69 Å². The van der Waals surface area contributed by atoms with Crippen molar-refractivity contribution in [1.82, 2.24) is 20.2 Å². The van der Waals surface area contributed by atoms with Crippen molar-refractivity contribution in [2.45, 2.75) is 6.54 Å². The number of fused-ring (bicyclic) bond motifs is 1. The fourth-order valence-corrected chi connectivity index (χ4v) is 3.11. The highest BCUT2D eigenvalue weighted by atomic mass is 16.5. The summed E-state index contributed by atoms with van der Waals surface area (Å²) in [6.45, 7) is 0.273. The van der Waals surface area contributed by atoms with Crippen molar-refractivity contribution in [2.75, 3.05) is 7.11 Å².